The number of nitrogens with zero attached hydrogens (tertiary/aromatic N) is 1. The first kappa shape index (κ1) is 10.4. The van der Waals surface area contributed by atoms with Gasteiger partial charge in [-0.3, -0.25) is 4.90 Å². The number of piperidine rings is 1. The number of likely N-dealkylation sites (tertiary alicyclic amines) is 1. The summed E-state index contributed by atoms with van der Waals surface area (Å²) in [6.07, 6.45) is 5.64. The standard InChI is InChI=1S/C12H24N2/c1-10-3-4-11(2)14(9-10)8-7-13-12-5-6-12/h10-13H,3-9H2,1-2H3. The summed E-state index contributed by atoms with van der Waals surface area (Å²) in [6.45, 7) is 8.52. The molecule has 2 nitrogen and oxygen atoms in total. The number of nitrogens with one attached hydrogen (secondary N) is 1. The minimum atomic E-state index is 0.812. The molecule has 1 aliphatic carbocycles. The molecule has 2 heteroatoms. The minimum absolute atomic E-state index is 0.812. The maximum absolute atomic E-state index is 3.60. The van der Waals surface area contributed by atoms with Crippen LogP contribution in [0, 0.1) is 5.92 Å². The number of hydrogen-bond acceptors (Lipinski definition) is 2. The Morgan fingerprint density at radius 2 is 1.93 bits per heavy atom. The molecule has 14 heavy (non-hydrogen) atoms. The molecule has 1 saturated heterocycles. The highest BCUT2D eigenvalue weighted by atomic mass is 15.2. The lowest BCUT2D eigenvalue weighted by atomic mass is 9.95. The van der Waals surface area contributed by atoms with Gasteiger partial charge in [0.05, 0.1) is 0 Å². The Hall–Kier alpha value is -0.0800. The highest BCUT2D eigenvalue weighted by Crippen LogP contribution is 2.21. The monoisotopic (exact) mass is 196 g/mol. The van der Waals surface area contributed by atoms with Gasteiger partial charge in [0.15, 0.2) is 0 Å². The second kappa shape index (κ2) is 4.63. The molecule has 2 aliphatic rings. The fourth-order valence-corrected chi connectivity index (χ4v) is 2.39. The number of hydrogen-bond donors (Lipinski definition) is 1. The van der Waals surface area contributed by atoms with Crippen molar-refractivity contribution < 1.29 is 0 Å². The summed E-state index contributed by atoms with van der Waals surface area (Å²) in [5.41, 5.74) is 0. The van der Waals surface area contributed by atoms with Gasteiger partial charge in [-0.05, 0) is 38.5 Å². The average molecular weight is 196 g/mol. The van der Waals surface area contributed by atoms with E-state index in [1.54, 1.807) is 0 Å². The van der Waals surface area contributed by atoms with E-state index in [0.717, 1.165) is 18.0 Å². The van der Waals surface area contributed by atoms with Crippen molar-refractivity contribution in [3.63, 3.8) is 0 Å². The van der Waals surface area contributed by atoms with Crippen molar-refractivity contribution in [1.82, 2.24) is 10.2 Å². The molecular formula is C12H24N2. The molecule has 1 aliphatic heterocycles. The molecule has 2 unspecified atom stereocenters. The van der Waals surface area contributed by atoms with E-state index in [2.05, 4.69) is 24.1 Å². The van der Waals surface area contributed by atoms with E-state index in [0.29, 0.717) is 0 Å². The second-order valence-corrected chi connectivity index (χ2v) is 5.25. The van der Waals surface area contributed by atoms with Crippen molar-refractivity contribution in [2.75, 3.05) is 19.6 Å². The van der Waals surface area contributed by atoms with E-state index >= 15 is 0 Å². The highest BCUT2D eigenvalue weighted by molar-refractivity contribution is 4.82. The molecule has 1 saturated carbocycles. The normalized spacial score (nSPS) is 34.7. The van der Waals surface area contributed by atoms with Crippen LogP contribution < -0.4 is 5.32 Å². The summed E-state index contributed by atoms with van der Waals surface area (Å²) in [4.78, 5) is 2.66. The van der Waals surface area contributed by atoms with Gasteiger partial charge in [0.1, 0.15) is 0 Å². The SMILES string of the molecule is CC1CCC(C)N(CCNC2CC2)C1. The molecular weight excluding hydrogens is 172 g/mol. The van der Waals surface area contributed by atoms with Crippen LogP contribution in [-0.2, 0) is 0 Å². The van der Waals surface area contributed by atoms with Gasteiger partial charge in [0.2, 0.25) is 0 Å². The molecule has 82 valence electrons. The molecule has 2 atom stereocenters. The third kappa shape index (κ3) is 2.96. The maximum atomic E-state index is 3.60. The zero-order chi connectivity index (χ0) is 9.97. The van der Waals surface area contributed by atoms with E-state index in [4.69, 9.17) is 0 Å². The molecule has 2 rings (SSSR count). The van der Waals surface area contributed by atoms with Crippen LogP contribution in [0.4, 0.5) is 0 Å². The molecule has 0 spiro atoms. The van der Waals surface area contributed by atoms with Crippen molar-refractivity contribution in [3.05, 3.63) is 0 Å². The van der Waals surface area contributed by atoms with Gasteiger partial charge < -0.3 is 5.32 Å². The van der Waals surface area contributed by atoms with Crippen LogP contribution in [-0.4, -0.2) is 36.6 Å². The predicted molar refractivity (Wildman–Crippen MR) is 60.5 cm³/mol. The van der Waals surface area contributed by atoms with E-state index < -0.39 is 0 Å². The van der Waals surface area contributed by atoms with Crippen molar-refractivity contribution in [2.24, 2.45) is 5.92 Å². The third-order valence-electron chi connectivity index (χ3n) is 3.66. The van der Waals surface area contributed by atoms with Crippen LogP contribution in [0.25, 0.3) is 0 Å². The summed E-state index contributed by atoms with van der Waals surface area (Å²) in [7, 11) is 0. The Morgan fingerprint density at radius 3 is 2.64 bits per heavy atom. The van der Waals surface area contributed by atoms with Crippen molar-refractivity contribution in [3.8, 4) is 0 Å². The minimum Gasteiger partial charge on any atom is -0.313 e. The van der Waals surface area contributed by atoms with Gasteiger partial charge in [-0.1, -0.05) is 6.92 Å². The first-order chi connectivity index (χ1) is 6.75. The van der Waals surface area contributed by atoms with Crippen LogP contribution in [0.2, 0.25) is 0 Å². The van der Waals surface area contributed by atoms with Gasteiger partial charge >= 0.3 is 0 Å². The molecule has 2 fully saturated rings. The Morgan fingerprint density at radius 1 is 1.14 bits per heavy atom. The molecule has 0 amide bonds. The molecule has 0 aromatic rings. The van der Waals surface area contributed by atoms with E-state index in [1.165, 1.54) is 45.3 Å². The Bertz CT molecular complexity index is 177. The van der Waals surface area contributed by atoms with Crippen LogP contribution >= 0.6 is 0 Å². The first-order valence-corrected chi connectivity index (χ1v) is 6.23. The molecule has 0 aromatic carbocycles. The maximum Gasteiger partial charge on any atom is 0.0110 e. The van der Waals surface area contributed by atoms with Crippen LogP contribution in [0.15, 0.2) is 0 Å². The first-order valence-electron chi connectivity index (χ1n) is 6.23. The smallest absolute Gasteiger partial charge is 0.0110 e. The fraction of sp³-hybridized carbons (Fsp3) is 1.00. The van der Waals surface area contributed by atoms with Crippen molar-refractivity contribution in [1.29, 1.82) is 0 Å². The molecule has 1 heterocycles. The van der Waals surface area contributed by atoms with E-state index in [9.17, 15) is 0 Å². The molecule has 1 N–H and O–H groups in total. The van der Waals surface area contributed by atoms with Gasteiger partial charge in [0.25, 0.3) is 0 Å². The number of rotatable bonds is 4. The van der Waals surface area contributed by atoms with Gasteiger partial charge in [-0.25, -0.2) is 0 Å². The van der Waals surface area contributed by atoms with Gasteiger partial charge in [-0.15, -0.1) is 0 Å². The Kier molecular flexibility index (Phi) is 3.45. The van der Waals surface area contributed by atoms with Crippen LogP contribution in [0.1, 0.15) is 39.5 Å². The van der Waals surface area contributed by atoms with Crippen molar-refractivity contribution in [2.45, 2.75) is 51.6 Å². The highest BCUT2D eigenvalue weighted by Gasteiger charge is 2.24. The molecule has 0 bridgehead atoms. The van der Waals surface area contributed by atoms with Crippen LogP contribution in [0.5, 0.6) is 0 Å². The summed E-state index contributed by atoms with van der Waals surface area (Å²) in [5, 5.41) is 3.60. The quantitative estimate of drug-likeness (QED) is 0.738. The lowest BCUT2D eigenvalue weighted by Gasteiger charge is -2.36. The second-order valence-electron chi connectivity index (χ2n) is 5.25. The summed E-state index contributed by atoms with van der Waals surface area (Å²) in [6, 6.07) is 1.68. The third-order valence-corrected chi connectivity index (χ3v) is 3.66. The Balaban J connectivity index is 1.65. The summed E-state index contributed by atoms with van der Waals surface area (Å²) >= 11 is 0. The van der Waals surface area contributed by atoms with E-state index in [-0.39, 0.29) is 0 Å². The zero-order valence-electron chi connectivity index (χ0n) is 9.63. The van der Waals surface area contributed by atoms with Crippen LogP contribution in [0.3, 0.4) is 0 Å². The van der Waals surface area contributed by atoms with Gasteiger partial charge in [-0.2, -0.15) is 0 Å². The molecule has 0 aromatic heterocycles. The fourth-order valence-electron chi connectivity index (χ4n) is 2.39. The zero-order valence-corrected chi connectivity index (χ0v) is 9.63. The summed E-state index contributed by atoms with van der Waals surface area (Å²) in [5.74, 6) is 0.909. The summed E-state index contributed by atoms with van der Waals surface area (Å²) < 4.78 is 0. The Labute approximate surface area is 88.1 Å². The van der Waals surface area contributed by atoms with Gasteiger partial charge in [0, 0.05) is 31.7 Å². The molecule has 0 radical (unpaired) electrons. The lowest BCUT2D eigenvalue weighted by Crippen LogP contribution is -2.44. The topological polar surface area (TPSA) is 15.3 Å². The average Bonchev–Trinajstić information content (AvgIpc) is 2.95. The van der Waals surface area contributed by atoms with Crippen molar-refractivity contribution >= 4 is 0 Å². The lowest BCUT2D eigenvalue weighted by molar-refractivity contribution is 0.126. The van der Waals surface area contributed by atoms with E-state index in [1.807, 2.05) is 0 Å². The predicted octanol–water partition coefficient (Wildman–Crippen LogP) is 1.86. The largest absolute Gasteiger partial charge is 0.313 e.